The van der Waals surface area contributed by atoms with Crippen molar-refractivity contribution >= 4 is 5.91 Å². The minimum atomic E-state index is -0.0768. The molecule has 1 rings (SSSR count). The SMILES string of the molecule is Cc1ccc(C(=O)NCCCC(C)C)c(C#CCCO)c1. The summed E-state index contributed by atoms with van der Waals surface area (Å²) in [4.78, 5) is 12.2. The molecule has 0 unspecified atom stereocenters. The summed E-state index contributed by atoms with van der Waals surface area (Å²) in [7, 11) is 0. The molecule has 21 heavy (non-hydrogen) atoms. The Morgan fingerprint density at radius 1 is 1.38 bits per heavy atom. The van der Waals surface area contributed by atoms with E-state index in [0.29, 0.717) is 24.4 Å². The number of amides is 1. The molecule has 0 heterocycles. The number of hydrogen-bond acceptors (Lipinski definition) is 2. The molecular weight excluding hydrogens is 262 g/mol. The molecule has 114 valence electrons. The number of aliphatic hydroxyl groups excluding tert-OH is 1. The smallest absolute Gasteiger partial charge is 0.252 e. The molecule has 0 spiro atoms. The molecular formula is C18H25NO2. The highest BCUT2D eigenvalue weighted by Crippen LogP contribution is 2.11. The largest absolute Gasteiger partial charge is 0.395 e. The van der Waals surface area contributed by atoms with Gasteiger partial charge in [0.05, 0.1) is 12.2 Å². The highest BCUT2D eigenvalue weighted by molar-refractivity contribution is 5.96. The van der Waals surface area contributed by atoms with E-state index >= 15 is 0 Å². The van der Waals surface area contributed by atoms with Gasteiger partial charge in [0, 0.05) is 18.5 Å². The van der Waals surface area contributed by atoms with Crippen LogP contribution in [-0.2, 0) is 0 Å². The number of aryl methyl sites for hydroxylation is 1. The van der Waals surface area contributed by atoms with Crippen LogP contribution >= 0.6 is 0 Å². The lowest BCUT2D eigenvalue weighted by atomic mass is 10.0. The maximum atomic E-state index is 12.2. The predicted octanol–water partition coefficient (Wildman–Crippen LogP) is 2.89. The highest BCUT2D eigenvalue weighted by atomic mass is 16.2. The molecule has 3 nitrogen and oxygen atoms in total. The van der Waals surface area contributed by atoms with Crippen LogP contribution in [0.1, 0.15) is 54.6 Å². The molecule has 0 aliphatic carbocycles. The Hall–Kier alpha value is -1.79. The van der Waals surface area contributed by atoms with E-state index in [1.54, 1.807) is 0 Å². The van der Waals surface area contributed by atoms with Crippen molar-refractivity contribution in [3.05, 3.63) is 34.9 Å². The molecule has 1 amide bonds. The third kappa shape index (κ3) is 6.46. The topological polar surface area (TPSA) is 49.3 Å². The van der Waals surface area contributed by atoms with Gasteiger partial charge in [0.2, 0.25) is 0 Å². The van der Waals surface area contributed by atoms with Gasteiger partial charge in [-0.05, 0) is 43.4 Å². The van der Waals surface area contributed by atoms with E-state index in [0.717, 1.165) is 24.0 Å². The van der Waals surface area contributed by atoms with Crippen LogP contribution in [-0.4, -0.2) is 24.2 Å². The molecule has 0 radical (unpaired) electrons. The molecule has 0 aliphatic heterocycles. The highest BCUT2D eigenvalue weighted by Gasteiger charge is 2.09. The zero-order chi connectivity index (χ0) is 15.7. The first kappa shape index (κ1) is 17.3. The summed E-state index contributed by atoms with van der Waals surface area (Å²) in [6.07, 6.45) is 2.52. The van der Waals surface area contributed by atoms with Crippen molar-refractivity contribution in [1.29, 1.82) is 0 Å². The van der Waals surface area contributed by atoms with E-state index in [1.165, 1.54) is 0 Å². The molecule has 1 aromatic rings. The van der Waals surface area contributed by atoms with Crippen LogP contribution in [0, 0.1) is 24.7 Å². The Balaban J connectivity index is 2.72. The summed E-state index contributed by atoms with van der Waals surface area (Å²) in [6, 6.07) is 5.64. The van der Waals surface area contributed by atoms with E-state index in [9.17, 15) is 4.79 Å². The lowest BCUT2D eigenvalue weighted by Crippen LogP contribution is -2.25. The minimum Gasteiger partial charge on any atom is -0.395 e. The minimum absolute atomic E-state index is 0.0372. The van der Waals surface area contributed by atoms with Crippen molar-refractivity contribution in [2.24, 2.45) is 5.92 Å². The molecule has 0 aromatic heterocycles. The monoisotopic (exact) mass is 287 g/mol. The molecule has 0 saturated carbocycles. The van der Waals surface area contributed by atoms with Gasteiger partial charge in [-0.1, -0.05) is 31.8 Å². The lowest BCUT2D eigenvalue weighted by molar-refractivity contribution is 0.0952. The first-order chi connectivity index (χ1) is 10.0. The van der Waals surface area contributed by atoms with Crippen LogP contribution in [0.5, 0.6) is 0 Å². The zero-order valence-electron chi connectivity index (χ0n) is 13.2. The molecule has 0 saturated heterocycles. The summed E-state index contributed by atoms with van der Waals surface area (Å²) in [6.45, 7) is 7.05. The number of hydrogen-bond donors (Lipinski definition) is 2. The van der Waals surface area contributed by atoms with Crippen molar-refractivity contribution in [3.63, 3.8) is 0 Å². The number of rotatable bonds is 6. The second-order valence-corrected chi connectivity index (χ2v) is 5.62. The van der Waals surface area contributed by atoms with Crippen LogP contribution in [0.25, 0.3) is 0 Å². The molecule has 1 aromatic carbocycles. The molecule has 3 heteroatoms. The van der Waals surface area contributed by atoms with E-state index < -0.39 is 0 Å². The average molecular weight is 287 g/mol. The Labute approximate surface area is 127 Å². The maximum Gasteiger partial charge on any atom is 0.252 e. The Kier molecular flexibility index (Phi) is 7.56. The van der Waals surface area contributed by atoms with Gasteiger partial charge in [0.1, 0.15) is 0 Å². The fraction of sp³-hybridized carbons (Fsp3) is 0.500. The van der Waals surface area contributed by atoms with Crippen LogP contribution < -0.4 is 5.32 Å². The molecule has 0 fully saturated rings. The van der Waals surface area contributed by atoms with Crippen molar-refractivity contribution in [1.82, 2.24) is 5.32 Å². The van der Waals surface area contributed by atoms with Crippen LogP contribution in [0.4, 0.5) is 0 Å². The second-order valence-electron chi connectivity index (χ2n) is 5.62. The van der Waals surface area contributed by atoms with E-state index in [-0.39, 0.29) is 12.5 Å². The average Bonchev–Trinajstić information content (AvgIpc) is 2.43. The third-order valence-electron chi connectivity index (χ3n) is 3.12. The van der Waals surface area contributed by atoms with Crippen molar-refractivity contribution in [2.45, 2.75) is 40.0 Å². The van der Waals surface area contributed by atoms with Gasteiger partial charge in [0.25, 0.3) is 5.91 Å². The molecule has 0 atom stereocenters. The summed E-state index contributed by atoms with van der Waals surface area (Å²) in [5, 5.41) is 11.7. The number of carbonyl (C=O) groups is 1. The molecule has 2 N–H and O–H groups in total. The maximum absolute atomic E-state index is 12.2. The summed E-state index contributed by atoms with van der Waals surface area (Å²) < 4.78 is 0. The fourth-order valence-electron chi connectivity index (χ4n) is 1.98. The van der Waals surface area contributed by atoms with E-state index in [1.807, 2.05) is 25.1 Å². The lowest BCUT2D eigenvalue weighted by Gasteiger charge is -2.09. The van der Waals surface area contributed by atoms with Gasteiger partial charge in [0.15, 0.2) is 0 Å². The van der Waals surface area contributed by atoms with Crippen molar-refractivity contribution < 1.29 is 9.90 Å². The summed E-state index contributed by atoms with van der Waals surface area (Å²) in [5.41, 5.74) is 2.40. The van der Waals surface area contributed by atoms with Gasteiger partial charge in [-0.25, -0.2) is 0 Å². The third-order valence-corrected chi connectivity index (χ3v) is 3.12. The first-order valence-corrected chi connectivity index (χ1v) is 7.53. The predicted molar refractivity (Wildman–Crippen MR) is 86.2 cm³/mol. The Morgan fingerprint density at radius 3 is 2.81 bits per heavy atom. The van der Waals surface area contributed by atoms with E-state index in [4.69, 9.17) is 5.11 Å². The molecule has 0 bridgehead atoms. The normalized spacial score (nSPS) is 10.1. The number of nitrogens with one attached hydrogen (secondary N) is 1. The van der Waals surface area contributed by atoms with Gasteiger partial charge in [-0.15, -0.1) is 0 Å². The van der Waals surface area contributed by atoms with Gasteiger partial charge in [-0.3, -0.25) is 4.79 Å². The second kappa shape index (κ2) is 9.20. The number of aliphatic hydroxyl groups is 1. The van der Waals surface area contributed by atoms with Crippen molar-refractivity contribution in [2.75, 3.05) is 13.2 Å². The zero-order valence-corrected chi connectivity index (χ0v) is 13.2. The Bertz CT molecular complexity index is 524. The van der Waals surface area contributed by atoms with Crippen LogP contribution in [0.2, 0.25) is 0 Å². The quantitative estimate of drug-likeness (QED) is 0.624. The standard InChI is InChI=1S/C18H25NO2/c1-14(2)7-6-11-19-18(21)17-10-9-15(3)13-16(17)8-4-5-12-20/h9-10,13-14,20H,5-7,11-12H2,1-3H3,(H,19,21). The number of carbonyl (C=O) groups excluding carboxylic acids is 1. The van der Waals surface area contributed by atoms with Crippen LogP contribution in [0.15, 0.2) is 18.2 Å². The van der Waals surface area contributed by atoms with Crippen molar-refractivity contribution in [3.8, 4) is 11.8 Å². The van der Waals surface area contributed by atoms with Crippen LogP contribution in [0.3, 0.4) is 0 Å². The summed E-state index contributed by atoms with van der Waals surface area (Å²) >= 11 is 0. The first-order valence-electron chi connectivity index (χ1n) is 7.53. The number of benzene rings is 1. The van der Waals surface area contributed by atoms with Gasteiger partial charge >= 0.3 is 0 Å². The summed E-state index contributed by atoms with van der Waals surface area (Å²) in [5.74, 6) is 6.43. The fourth-order valence-corrected chi connectivity index (χ4v) is 1.98. The van der Waals surface area contributed by atoms with E-state index in [2.05, 4.69) is 31.0 Å². The van der Waals surface area contributed by atoms with Gasteiger partial charge in [-0.2, -0.15) is 0 Å². The van der Waals surface area contributed by atoms with Gasteiger partial charge < -0.3 is 10.4 Å². The Morgan fingerprint density at radius 2 is 2.14 bits per heavy atom. The molecule has 0 aliphatic rings.